The van der Waals surface area contributed by atoms with E-state index in [2.05, 4.69) is 4.90 Å². The van der Waals surface area contributed by atoms with Gasteiger partial charge in [0.1, 0.15) is 5.75 Å². The summed E-state index contributed by atoms with van der Waals surface area (Å²) >= 11 is 0. The third-order valence-electron chi connectivity index (χ3n) is 3.29. The molecule has 5 heteroatoms. The number of phenolic OH excluding ortho intramolecular Hbond substituents is 1. The van der Waals surface area contributed by atoms with Gasteiger partial charge in [0.05, 0.1) is 6.04 Å². The van der Waals surface area contributed by atoms with E-state index in [1.807, 2.05) is 12.1 Å². The Balaban J connectivity index is 1.65. The summed E-state index contributed by atoms with van der Waals surface area (Å²) in [6.07, 6.45) is 2.62. The lowest BCUT2D eigenvalue weighted by Gasteiger charge is -2.44. The van der Waals surface area contributed by atoms with E-state index in [-0.39, 0.29) is 23.6 Å². The zero-order chi connectivity index (χ0) is 12.7. The van der Waals surface area contributed by atoms with Crippen molar-refractivity contribution in [2.75, 3.05) is 18.0 Å². The Kier molecular flexibility index (Phi) is 2.33. The maximum Gasteiger partial charge on any atom is 0.254 e. The van der Waals surface area contributed by atoms with Gasteiger partial charge in [-0.1, -0.05) is 0 Å². The highest BCUT2D eigenvalue weighted by Gasteiger charge is 2.38. The standard InChI is InChI=1S/C13H12N2O3/c16-11-3-1-9(2-4-11)14-7-10(8-14)15-12(17)5-6-13(15)18/h1-6,10,16H,7-8H2. The van der Waals surface area contributed by atoms with Gasteiger partial charge in [-0.15, -0.1) is 0 Å². The van der Waals surface area contributed by atoms with Gasteiger partial charge in [-0.2, -0.15) is 0 Å². The molecule has 1 saturated heterocycles. The number of nitrogens with zero attached hydrogens (tertiary/aromatic N) is 2. The van der Waals surface area contributed by atoms with E-state index >= 15 is 0 Å². The largest absolute Gasteiger partial charge is 0.508 e. The highest BCUT2D eigenvalue weighted by Crippen LogP contribution is 2.26. The normalized spacial score (nSPS) is 19.6. The maximum atomic E-state index is 11.5. The van der Waals surface area contributed by atoms with Crippen LogP contribution < -0.4 is 4.90 Å². The molecule has 1 fully saturated rings. The molecule has 2 heterocycles. The minimum Gasteiger partial charge on any atom is -0.508 e. The summed E-state index contributed by atoms with van der Waals surface area (Å²) in [5.41, 5.74) is 0.983. The molecule has 0 aromatic heterocycles. The maximum absolute atomic E-state index is 11.5. The van der Waals surface area contributed by atoms with Gasteiger partial charge in [-0.3, -0.25) is 14.5 Å². The van der Waals surface area contributed by atoms with Gasteiger partial charge in [0.25, 0.3) is 11.8 Å². The van der Waals surface area contributed by atoms with Gasteiger partial charge >= 0.3 is 0 Å². The number of carbonyl (C=O) groups is 2. The Labute approximate surface area is 104 Å². The Morgan fingerprint density at radius 1 is 1.00 bits per heavy atom. The van der Waals surface area contributed by atoms with Gasteiger partial charge in [-0.05, 0) is 24.3 Å². The zero-order valence-corrected chi connectivity index (χ0v) is 9.61. The Bertz CT molecular complexity index is 512. The fourth-order valence-corrected chi connectivity index (χ4v) is 2.26. The first-order valence-corrected chi connectivity index (χ1v) is 5.74. The number of hydrogen-bond acceptors (Lipinski definition) is 4. The van der Waals surface area contributed by atoms with E-state index in [0.717, 1.165) is 5.69 Å². The molecule has 0 radical (unpaired) electrons. The van der Waals surface area contributed by atoms with Crippen molar-refractivity contribution in [1.29, 1.82) is 0 Å². The quantitative estimate of drug-likeness (QED) is 0.770. The number of imide groups is 1. The summed E-state index contributed by atoms with van der Waals surface area (Å²) in [4.78, 5) is 26.3. The van der Waals surface area contributed by atoms with Crippen molar-refractivity contribution in [2.24, 2.45) is 0 Å². The Morgan fingerprint density at radius 2 is 1.56 bits per heavy atom. The highest BCUT2D eigenvalue weighted by molar-refractivity contribution is 6.13. The van der Waals surface area contributed by atoms with Crippen molar-refractivity contribution in [2.45, 2.75) is 6.04 Å². The molecule has 5 nitrogen and oxygen atoms in total. The third-order valence-corrected chi connectivity index (χ3v) is 3.29. The molecule has 1 aromatic carbocycles. The van der Waals surface area contributed by atoms with E-state index in [0.29, 0.717) is 13.1 Å². The number of phenols is 1. The summed E-state index contributed by atoms with van der Waals surface area (Å²) in [5.74, 6) is -0.226. The van der Waals surface area contributed by atoms with Crippen LogP contribution in [-0.4, -0.2) is 41.0 Å². The average Bonchev–Trinajstić information content (AvgIpc) is 2.61. The summed E-state index contributed by atoms with van der Waals surface area (Å²) in [6, 6.07) is 6.83. The molecule has 0 unspecified atom stereocenters. The number of aromatic hydroxyl groups is 1. The monoisotopic (exact) mass is 244 g/mol. The van der Waals surface area contributed by atoms with Crippen molar-refractivity contribution in [3.63, 3.8) is 0 Å². The topological polar surface area (TPSA) is 60.9 Å². The van der Waals surface area contributed by atoms with Crippen LogP contribution in [-0.2, 0) is 9.59 Å². The molecule has 2 aliphatic heterocycles. The SMILES string of the molecule is O=C1C=CC(=O)N1C1CN(c2ccc(O)cc2)C1. The van der Waals surface area contributed by atoms with Crippen LogP contribution >= 0.6 is 0 Å². The number of amides is 2. The summed E-state index contributed by atoms with van der Waals surface area (Å²) < 4.78 is 0. The van der Waals surface area contributed by atoms with Crippen LogP contribution in [0.1, 0.15) is 0 Å². The smallest absolute Gasteiger partial charge is 0.254 e. The number of hydrogen-bond donors (Lipinski definition) is 1. The zero-order valence-electron chi connectivity index (χ0n) is 9.61. The van der Waals surface area contributed by atoms with Crippen LogP contribution in [0.3, 0.4) is 0 Å². The number of anilines is 1. The molecule has 92 valence electrons. The first-order chi connectivity index (χ1) is 8.65. The van der Waals surface area contributed by atoms with E-state index in [9.17, 15) is 14.7 Å². The van der Waals surface area contributed by atoms with Crippen molar-refractivity contribution in [3.05, 3.63) is 36.4 Å². The highest BCUT2D eigenvalue weighted by atomic mass is 16.3. The van der Waals surface area contributed by atoms with Gasteiger partial charge < -0.3 is 10.0 Å². The molecule has 0 aliphatic carbocycles. The Hall–Kier alpha value is -2.30. The molecule has 3 rings (SSSR count). The lowest BCUT2D eigenvalue weighted by atomic mass is 10.1. The number of benzene rings is 1. The Morgan fingerprint density at radius 3 is 2.11 bits per heavy atom. The summed E-state index contributed by atoms with van der Waals surface area (Å²) in [6.45, 7) is 1.29. The second-order valence-corrected chi connectivity index (χ2v) is 4.46. The van der Waals surface area contributed by atoms with E-state index < -0.39 is 0 Å². The molecule has 2 aliphatic rings. The van der Waals surface area contributed by atoms with Crippen LogP contribution in [0.25, 0.3) is 0 Å². The first-order valence-electron chi connectivity index (χ1n) is 5.74. The van der Waals surface area contributed by atoms with Crippen molar-refractivity contribution >= 4 is 17.5 Å². The molecule has 0 saturated carbocycles. The minimum atomic E-state index is -0.227. The van der Waals surface area contributed by atoms with Crippen LogP contribution in [0.5, 0.6) is 5.75 Å². The molecule has 2 amide bonds. The molecule has 18 heavy (non-hydrogen) atoms. The molecule has 0 spiro atoms. The summed E-state index contributed by atoms with van der Waals surface area (Å²) in [7, 11) is 0. The van der Waals surface area contributed by atoms with Gasteiger partial charge in [0.15, 0.2) is 0 Å². The predicted octanol–water partition coefficient (Wildman–Crippen LogP) is 0.506. The fourth-order valence-electron chi connectivity index (χ4n) is 2.26. The second-order valence-electron chi connectivity index (χ2n) is 4.46. The molecule has 1 N–H and O–H groups in total. The van der Waals surface area contributed by atoms with E-state index in [1.54, 1.807) is 12.1 Å². The molecular weight excluding hydrogens is 232 g/mol. The minimum absolute atomic E-state index is 0.0474. The first kappa shape index (κ1) is 10.8. The second kappa shape index (κ2) is 3.87. The lowest BCUT2D eigenvalue weighted by Crippen LogP contribution is -2.61. The average molecular weight is 244 g/mol. The molecule has 0 atom stereocenters. The molecule has 0 bridgehead atoms. The van der Waals surface area contributed by atoms with Gasteiger partial charge in [0, 0.05) is 30.9 Å². The fraction of sp³-hybridized carbons (Fsp3) is 0.231. The predicted molar refractivity (Wildman–Crippen MR) is 65.1 cm³/mol. The van der Waals surface area contributed by atoms with E-state index in [4.69, 9.17) is 0 Å². The van der Waals surface area contributed by atoms with Gasteiger partial charge in [0.2, 0.25) is 0 Å². The van der Waals surface area contributed by atoms with Crippen molar-refractivity contribution in [1.82, 2.24) is 4.90 Å². The number of rotatable bonds is 2. The number of carbonyl (C=O) groups excluding carboxylic acids is 2. The molecule has 1 aromatic rings. The van der Waals surface area contributed by atoms with Gasteiger partial charge in [-0.25, -0.2) is 0 Å². The van der Waals surface area contributed by atoms with E-state index in [1.165, 1.54) is 17.1 Å². The van der Waals surface area contributed by atoms with Crippen molar-refractivity contribution < 1.29 is 14.7 Å². The van der Waals surface area contributed by atoms with Crippen LogP contribution in [0.2, 0.25) is 0 Å². The van der Waals surface area contributed by atoms with Crippen molar-refractivity contribution in [3.8, 4) is 5.75 Å². The van der Waals surface area contributed by atoms with Crippen LogP contribution in [0.15, 0.2) is 36.4 Å². The lowest BCUT2D eigenvalue weighted by molar-refractivity contribution is -0.140. The van der Waals surface area contributed by atoms with Crippen LogP contribution in [0.4, 0.5) is 5.69 Å². The molecular formula is C13H12N2O3. The third kappa shape index (κ3) is 1.64. The van der Waals surface area contributed by atoms with Crippen LogP contribution in [0, 0.1) is 0 Å². The summed E-state index contributed by atoms with van der Waals surface area (Å²) in [5, 5.41) is 9.20.